The summed E-state index contributed by atoms with van der Waals surface area (Å²) in [6, 6.07) is 10.1. The molecule has 0 radical (unpaired) electrons. The van der Waals surface area contributed by atoms with Gasteiger partial charge in [0.1, 0.15) is 5.60 Å². The standard InChI is InChI=1S/C20H32N2O2/c1-19(2,3)22-14-17(13-21-11-9-18(23)10-12-21)20(24,15-22)16-7-5-4-6-8-16/h4-8,17-18,23-24H,9-15H2,1-3H3/t17-,20+/m1/s1. The van der Waals surface area contributed by atoms with E-state index in [0.29, 0.717) is 6.54 Å². The third-order valence-corrected chi connectivity index (χ3v) is 5.81. The van der Waals surface area contributed by atoms with E-state index in [1.807, 2.05) is 18.2 Å². The van der Waals surface area contributed by atoms with Gasteiger partial charge in [0.2, 0.25) is 0 Å². The smallest absolute Gasteiger partial charge is 0.107 e. The Morgan fingerprint density at radius 3 is 2.33 bits per heavy atom. The first kappa shape index (κ1) is 17.9. The highest BCUT2D eigenvalue weighted by molar-refractivity contribution is 5.26. The van der Waals surface area contributed by atoms with E-state index in [1.165, 1.54) is 0 Å². The highest BCUT2D eigenvalue weighted by Gasteiger charge is 2.49. The lowest BCUT2D eigenvalue weighted by molar-refractivity contribution is -0.0156. The molecule has 4 heteroatoms. The molecule has 2 atom stereocenters. The first-order chi connectivity index (χ1) is 11.3. The molecule has 0 amide bonds. The van der Waals surface area contributed by atoms with Gasteiger partial charge in [0.25, 0.3) is 0 Å². The van der Waals surface area contributed by atoms with Crippen LogP contribution in [0.3, 0.4) is 0 Å². The number of benzene rings is 1. The zero-order chi connectivity index (χ0) is 17.4. The van der Waals surface area contributed by atoms with Crippen molar-refractivity contribution in [2.45, 2.75) is 50.9 Å². The van der Waals surface area contributed by atoms with Gasteiger partial charge in [-0.05, 0) is 39.2 Å². The lowest BCUT2D eigenvalue weighted by atomic mass is 9.83. The largest absolute Gasteiger partial charge is 0.393 e. The summed E-state index contributed by atoms with van der Waals surface area (Å²) in [7, 11) is 0. The minimum Gasteiger partial charge on any atom is -0.393 e. The Balaban J connectivity index is 1.80. The van der Waals surface area contributed by atoms with Crippen LogP contribution in [-0.4, -0.2) is 64.4 Å². The van der Waals surface area contributed by atoms with Crippen molar-refractivity contribution in [3.05, 3.63) is 35.9 Å². The number of hydrogen-bond acceptors (Lipinski definition) is 4. The van der Waals surface area contributed by atoms with Crippen LogP contribution < -0.4 is 0 Å². The predicted molar refractivity (Wildman–Crippen MR) is 96.8 cm³/mol. The van der Waals surface area contributed by atoms with Crippen molar-refractivity contribution >= 4 is 0 Å². The molecule has 0 spiro atoms. The minimum atomic E-state index is -0.801. The van der Waals surface area contributed by atoms with Gasteiger partial charge < -0.3 is 15.1 Å². The van der Waals surface area contributed by atoms with Crippen LogP contribution in [0.4, 0.5) is 0 Å². The fraction of sp³-hybridized carbons (Fsp3) is 0.700. The first-order valence-electron chi connectivity index (χ1n) is 9.22. The van der Waals surface area contributed by atoms with Crippen molar-refractivity contribution in [3.8, 4) is 0 Å². The maximum Gasteiger partial charge on any atom is 0.107 e. The Bertz CT molecular complexity index is 534. The van der Waals surface area contributed by atoms with E-state index in [2.05, 4.69) is 42.7 Å². The molecule has 2 N–H and O–H groups in total. The molecule has 0 bridgehead atoms. The van der Waals surface area contributed by atoms with Crippen molar-refractivity contribution in [2.24, 2.45) is 5.92 Å². The molecule has 2 saturated heterocycles. The topological polar surface area (TPSA) is 46.9 Å². The Morgan fingerprint density at radius 2 is 1.75 bits per heavy atom. The number of β-amino-alcohol motifs (C(OH)–C–C–N with tert-alkyl or cyclic N) is 1. The molecule has 2 fully saturated rings. The number of piperidine rings is 1. The van der Waals surface area contributed by atoms with Gasteiger partial charge in [-0.3, -0.25) is 4.90 Å². The highest BCUT2D eigenvalue weighted by atomic mass is 16.3. The van der Waals surface area contributed by atoms with Crippen molar-refractivity contribution in [1.29, 1.82) is 0 Å². The fourth-order valence-electron chi connectivity index (χ4n) is 4.09. The zero-order valence-corrected chi connectivity index (χ0v) is 15.3. The molecular weight excluding hydrogens is 300 g/mol. The van der Waals surface area contributed by atoms with E-state index in [0.717, 1.165) is 44.6 Å². The highest BCUT2D eigenvalue weighted by Crippen LogP contribution is 2.40. The summed E-state index contributed by atoms with van der Waals surface area (Å²) in [5.74, 6) is 0.189. The molecule has 24 heavy (non-hydrogen) atoms. The van der Waals surface area contributed by atoms with Crippen LogP contribution in [0.15, 0.2) is 30.3 Å². The van der Waals surface area contributed by atoms with Crippen LogP contribution in [-0.2, 0) is 5.60 Å². The summed E-state index contributed by atoms with van der Waals surface area (Å²) in [6.07, 6.45) is 1.54. The van der Waals surface area contributed by atoms with Crippen LogP contribution >= 0.6 is 0 Å². The Hall–Kier alpha value is -0.940. The summed E-state index contributed by atoms with van der Waals surface area (Å²) in [5.41, 5.74) is 0.277. The van der Waals surface area contributed by atoms with Gasteiger partial charge in [-0.25, -0.2) is 0 Å². The number of likely N-dealkylation sites (tertiary alicyclic amines) is 2. The Kier molecular flexibility index (Phi) is 5.03. The van der Waals surface area contributed by atoms with E-state index in [1.54, 1.807) is 0 Å². The predicted octanol–water partition coefficient (Wildman–Crippen LogP) is 2.06. The number of nitrogens with zero attached hydrogens (tertiary/aromatic N) is 2. The number of hydrogen-bond donors (Lipinski definition) is 2. The lowest BCUT2D eigenvalue weighted by Crippen LogP contribution is -2.45. The van der Waals surface area contributed by atoms with E-state index in [4.69, 9.17) is 0 Å². The quantitative estimate of drug-likeness (QED) is 0.889. The van der Waals surface area contributed by atoms with Gasteiger partial charge in [-0.1, -0.05) is 30.3 Å². The van der Waals surface area contributed by atoms with Gasteiger partial charge >= 0.3 is 0 Å². The van der Waals surface area contributed by atoms with E-state index < -0.39 is 5.60 Å². The van der Waals surface area contributed by atoms with Crippen molar-refractivity contribution in [3.63, 3.8) is 0 Å². The molecule has 1 aromatic carbocycles. The molecular formula is C20H32N2O2. The van der Waals surface area contributed by atoms with E-state index in [-0.39, 0.29) is 17.6 Å². The zero-order valence-electron chi connectivity index (χ0n) is 15.3. The van der Waals surface area contributed by atoms with Crippen LogP contribution in [0.5, 0.6) is 0 Å². The molecule has 0 saturated carbocycles. The first-order valence-corrected chi connectivity index (χ1v) is 9.22. The van der Waals surface area contributed by atoms with Crippen LogP contribution in [0.2, 0.25) is 0 Å². The normalized spacial score (nSPS) is 30.8. The summed E-state index contributed by atoms with van der Waals surface area (Å²) >= 11 is 0. The Labute approximate surface area is 146 Å². The number of aliphatic hydroxyl groups is 2. The monoisotopic (exact) mass is 332 g/mol. The SMILES string of the molecule is CC(C)(C)N1C[C@@H](CN2CCC(O)CC2)[C@@](O)(c2ccccc2)C1. The molecule has 2 aliphatic heterocycles. The second-order valence-corrected chi connectivity index (χ2v) is 8.57. The molecule has 1 aromatic rings. The van der Waals surface area contributed by atoms with E-state index in [9.17, 15) is 10.2 Å². The van der Waals surface area contributed by atoms with Gasteiger partial charge in [0, 0.05) is 44.2 Å². The average Bonchev–Trinajstić information content (AvgIpc) is 2.89. The molecule has 2 aliphatic rings. The maximum absolute atomic E-state index is 11.6. The molecule has 3 rings (SSSR count). The van der Waals surface area contributed by atoms with Crippen LogP contribution in [0.25, 0.3) is 0 Å². The Morgan fingerprint density at radius 1 is 1.12 bits per heavy atom. The number of rotatable bonds is 3. The molecule has 134 valence electrons. The average molecular weight is 332 g/mol. The molecule has 0 unspecified atom stereocenters. The summed E-state index contributed by atoms with van der Waals surface area (Å²) in [5, 5.41) is 21.4. The van der Waals surface area contributed by atoms with Gasteiger partial charge in [0.05, 0.1) is 6.10 Å². The molecule has 0 aliphatic carbocycles. The van der Waals surface area contributed by atoms with Gasteiger partial charge in [-0.15, -0.1) is 0 Å². The summed E-state index contributed by atoms with van der Waals surface area (Å²) < 4.78 is 0. The van der Waals surface area contributed by atoms with Crippen molar-refractivity contribution in [2.75, 3.05) is 32.7 Å². The van der Waals surface area contributed by atoms with Crippen LogP contribution in [0, 0.1) is 5.92 Å². The fourth-order valence-corrected chi connectivity index (χ4v) is 4.09. The summed E-state index contributed by atoms with van der Waals surface area (Å²) in [6.45, 7) is 11.0. The van der Waals surface area contributed by atoms with Crippen molar-refractivity contribution < 1.29 is 10.2 Å². The third-order valence-electron chi connectivity index (χ3n) is 5.81. The van der Waals surface area contributed by atoms with Crippen molar-refractivity contribution in [1.82, 2.24) is 9.80 Å². The summed E-state index contributed by atoms with van der Waals surface area (Å²) in [4.78, 5) is 4.82. The van der Waals surface area contributed by atoms with E-state index >= 15 is 0 Å². The maximum atomic E-state index is 11.6. The van der Waals surface area contributed by atoms with Gasteiger partial charge in [0.15, 0.2) is 0 Å². The minimum absolute atomic E-state index is 0.0512. The number of aliphatic hydroxyl groups excluding tert-OH is 1. The lowest BCUT2D eigenvalue weighted by Gasteiger charge is -2.36. The molecule has 0 aromatic heterocycles. The molecule has 2 heterocycles. The second-order valence-electron chi connectivity index (χ2n) is 8.57. The van der Waals surface area contributed by atoms with Gasteiger partial charge in [-0.2, -0.15) is 0 Å². The molecule has 4 nitrogen and oxygen atoms in total. The van der Waals surface area contributed by atoms with Crippen LogP contribution in [0.1, 0.15) is 39.2 Å². The second kappa shape index (κ2) is 6.75. The third kappa shape index (κ3) is 3.67.